The molecule has 0 fully saturated rings. The second-order valence-corrected chi connectivity index (χ2v) is 10.1. The summed E-state index contributed by atoms with van der Waals surface area (Å²) >= 11 is 6.21. The van der Waals surface area contributed by atoms with Crippen LogP contribution in [-0.4, -0.2) is 38.0 Å². The normalized spacial score (nSPS) is 12.8. The van der Waals surface area contributed by atoms with E-state index in [1.54, 1.807) is 67.6 Å². The van der Waals surface area contributed by atoms with Gasteiger partial charge in [-0.25, -0.2) is 14.7 Å². The first-order valence-corrected chi connectivity index (χ1v) is 13.2. The third-order valence-electron chi connectivity index (χ3n) is 5.47. The molecular formula is C25H28ClN5O5S. The fraction of sp³-hybridized carbons (Fsp3) is 0.200. The van der Waals surface area contributed by atoms with Gasteiger partial charge in [0.15, 0.2) is 0 Å². The topological polar surface area (TPSA) is 163 Å². The van der Waals surface area contributed by atoms with Gasteiger partial charge in [0.25, 0.3) is 10.2 Å². The van der Waals surface area contributed by atoms with Gasteiger partial charge in [0.05, 0.1) is 16.8 Å². The van der Waals surface area contributed by atoms with Crippen LogP contribution in [0.4, 0.5) is 10.5 Å². The molecule has 0 aromatic heterocycles. The summed E-state index contributed by atoms with van der Waals surface area (Å²) in [5.41, 5.74) is 2.45. The number of nitrogens with two attached hydrogens (primary N) is 1. The van der Waals surface area contributed by atoms with Gasteiger partial charge in [0.1, 0.15) is 11.8 Å². The van der Waals surface area contributed by atoms with Crippen LogP contribution in [0.1, 0.15) is 22.7 Å². The zero-order valence-electron chi connectivity index (χ0n) is 19.9. The summed E-state index contributed by atoms with van der Waals surface area (Å²) in [7, 11) is -4.01. The number of carbonyl (C=O) groups excluding carboxylic acids is 2. The number of hydrogen-bond donors (Lipinski definition) is 6. The van der Waals surface area contributed by atoms with Gasteiger partial charge >= 0.3 is 6.03 Å². The predicted molar refractivity (Wildman–Crippen MR) is 142 cm³/mol. The minimum Gasteiger partial charge on any atom is -0.508 e. The average molecular weight is 546 g/mol. The molecule has 37 heavy (non-hydrogen) atoms. The maximum absolute atomic E-state index is 13.4. The maximum Gasteiger partial charge on any atom is 0.319 e. The highest BCUT2D eigenvalue weighted by Crippen LogP contribution is 2.25. The Balaban J connectivity index is 1.83. The number of phenols is 1. The number of aromatic hydroxyl groups is 1. The van der Waals surface area contributed by atoms with Crippen molar-refractivity contribution in [3.63, 3.8) is 0 Å². The first-order chi connectivity index (χ1) is 17.5. The van der Waals surface area contributed by atoms with E-state index in [0.29, 0.717) is 21.8 Å². The van der Waals surface area contributed by atoms with Crippen molar-refractivity contribution in [2.75, 3.05) is 11.9 Å². The van der Waals surface area contributed by atoms with Gasteiger partial charge in [-0.3, -0.25) is 4.79 Å². The van der Waals surface area contributed by atoms with Crippen molar-refractivity contribution in [1.82, 2.24) is 15.4 Å². The summed E-state index contributed by atoms with van der Waals surface area (Å²) in [6.07, 6.45) is 0.0885. The molecule has 0 bridgehead atoms. The number of amides is 3. The summed E-state index contributed by atoms with van der Waals surface area (Å²) in [6.45, 7) is 1.58. The highest BCUT2D eigenvalue weighted by molar-refractivity contribution is 7.87. The van der Waals surface area contributed by atoms with Gasteiger partial charge in [0, 0.05) is 13.0 Å². The lowest BCUT2D eigenvalue weighted by atomic mass is 10.0. The van der Waals surface area contributed by atoms with E-state index in [2.05, 4.69) is 20.7 Å². The molecule has 0 aliphatic carbocycles. The van der Waals surface area contributed by atoms with Crippen LogP contribution in [0.15, 0.2) is 72.8 Å². The van der Waals surface area contributed by atoms with Crippen LogP contribution in [0, 0.1) is 6.92 Å². The minimum atomic E-state index is -4.01. The lowest BCUT2D eigenvalue weighted by Gasteiger charge is -2.24. The largest absolute Gasteiger partial charge is 0.508 e. The molecule has 196 valence electrons. The van der Waals surface area contributed by atoms with E-state index in [1.165, 1.54) is 12.1 Å². The molecule has 0 aliphatic rings. The maximum atomic E-state index is 13.4. The molecule has 0 saturated heterocycles. The summed E-state index contributed by atoms with van der Waals surface area (Å²) < 4.78 is 25.2. The fourth-order valence-corrected chi connectivity index (χ4v) is 4.25. The molecule has 7 N–H and O–H groups in total. The molecule has 3 aromatic rings. The molecule has 2 unspecified atom stereocenters. The van der Waals surface area contributed by atoms with E-state index in [4.69, 9.17) is 16.7 Å². The number of urea groups is 1. The number of aryl methyl sites for hydroxylation is 1. The summed E-state index contributed by atoms with van der Waals surface area (Å²) in [4.78, 5) is 26.3. The number of para-hydroxylation sites is 1. The van der Waals surface area contributed by atoms with Crippen LogP contribution in [0.3, 0.4) is 0 Å². The number of halogens is 1. The Morgan fingerprint density at radius 3 is 2.27 bits per heavy atom. The first-order valence-electron chi connectivity index (χ1n) is 11.2. The van der Waals surface area contributed by atoms with Crippen LogP contribution in [0.2, 0.25) is 5.02 Å². The standard InChI is InChI=1S/C25H28ClN5O5S/c1-16-6-5-9-20(26)23(16)31-25(34)30-21(14-17-10-12-19(32)13-11-17)24(33)29-22(15-28-37(27,35)36)18-7-3-2-4-8-18/h2-13,21-22,28,32H,14-15H2,1H3,(H,29,33)(H2,27,35,36)(H2,30,31,34). The number of carbonyl (C=O) groups is 2. The zero-order valence-corrected chi connectivity index (χ0v) is 21.5. The van der Waals surface area contributed by atoms with E-state index in [9.17, 15) is 23.1 Å². The van der Waals surface area contributed by atoms with Crippen LogP contribution >= 0.6 is 11.6 Å². The molecule has 3 aromatic carbocycles. The van der Waals surface area contributed by atoms with Crippen molar-refractivity contribution in [2.45, 2.75) is 25.4 Å². The molecule has 0 radical (unpaired) electrons. The number of nitrogens with one attached hydrogen (secondary N) is 4. The molecule has 0 aliphatic heterocycles. The highest BCUT2D eigenvalue weighted by atomic mass is 35.5. The van der Waals surface area contributed by atoms with E-state index in [-0.39, 0.29) is 18.7 Å². The van der Waals surface area contributed by atoms with Crippen LogP contribution in [-0.2, 0) is 21.4 Å². The SMILES string of the molecule is Cc1cccc(Cl)c1NC(=O)NC(Cc1ccc(O)cc1)C(=O)NC(CNS(N)(=O)=O)c1ccccc1. The van der Waals surface area contributed by atoms with Crippen molar-refractivity contribution in [3.8, 4) is 5.75 Å². The monoisotopic (exact) mass is 545 g/mol. The first kappa shape index (κ1) is 27.9. The number of rotatable bonds is 10. The number of benzene rings is 3. The van der Waals surface area contributed by atoms with Gasteiger partial charge < -0.3 is 21.1 Å². The number of anilines is 1. The summed E-state index contributed by atoms with van der Waals surface area (Å²) in [5, 5.41) is 23.2. The quantitative estimate of drug-likeness (QED) is 0.230. The van der Waals surface area contributed by atoms with Crippen molar-refractivity contribution < 1.29 is 23.1 Å². The zero-order chi connectivity index (χ0) is 27.0. The van der Waals surface area contributed by atoms with E-state index in [0.717, 1.165) is 5.56 Å². The van der Waals surface area contributed by atoms with Gasteiger partial charge in [-0.15, -0.1) is 0 Å². The van der Waals surface area contributed by atoms with Crippen molar-refractivity contribution in [1.29, 1.82) is 0 Å². The molecule has 3 amide bonds. The van der Waals surface area contributed by atoms with E-state index < -0.39 is 34.2 Å². The lowest BCUT2D eigenvalue weighted by molar-refractivity contribution is -0.123. The van der Waals surface area contributed by atoms with Crippen molar-refractivity contribution in [2.24, 2.45) is 5.14 Å². The Labute approximate surface area is 220 Å². The molecule has 0 spiro atoms. The molecule has 3 rings (SSSR count). The van der Waals surface area contributed by atoms with Crippen molar-refractivity contribution in [3.05, 3.63) is 94.5 Å². The second kappa shape index (κ2) is 12.5. The number of hydrogen-bond acceptors (Lipinski definition) is 5. The fourth-order valence-electron chi connectivity index (χ4n) is 3.58. The molecule has 2 atom stereocenters. The van der Waals surface area contributed by atoms with Crippen LogP contribution in [0.5, 0.6) is 5.75 Å². The lowest BCUT2D eigenvalue weighted by Crippen LogP contribution is -2.51. The third-order valence-corrected chi connectivity index (χ3v) is 6.35. The predicted octanol–water partition coefficient (Wildman–Crippen LogP) is 2.74. The Morgan fingerprint density at radius 2 is 1.65 bits per heavy atom. The van der Waals surface area contributed by atoms with Gasteiger partial charge in [-0.05, 0) is 41.8 Å². The molecule has 12 heteroatoms. The Kier molecular flexibility index (Phi) is 9.48. The van der Waals surface area contributed by atoms with Crippen LogP contribution in [0.25, 0.3) is 0 Å². The molecule has 10 nitrogen and oxygen atoms in total. The Bertz CT molecular complexity index is 1320. The second-order valence-electron chi connectivity index (χ2n) is 8.32. The average Bonchev–Trinajstić information content (AvgIpc) is 2.85. The Morgan fingerprint density at radius 1 is 0.973 bits per heavy atom. The molecule has 0 saturated carbocycles. The minimum absolute atomic E-state index is 0.0582. The van der Waals surface area contributed by atoms with E-state index in [1.807, 2.05) is 0 Å². The van der Waals surface area contributed by atoms with Gasteiger partial charge in [-0.2, -0.15) is 8.42 Å². The third kappa shape index (κ3) is 8.76. The number of phenolic OH excluding ortho intramolecular Hbond substituents is 1. The summed E-state index contributed by atoms with van der Waals surface area (Å²) in [5.74, 6) is -0.507. The Hall–Kier alpha value is -3.64. The molecular weight excluding hydrogens is 518 g/mol. The van der Waals surface area contributed by atoms with Gasteiger partial charge in [-0.1, -0.05) is 66.2 Å². The highest BCUT2D eigenvalue weighted by Gasteiger charge is 2.25. The van der Waals surface area contributed by atoms with E-state index >= 15 is 0 Å². The van der Waals surface area contributed by atoms with Gasteiger partial charge in [0.2, 0.25) is 5.91 Å². The molecule has 0 heterocycles. The summed E-state index contributed by atoms with van der Waals surface area (Å²) in [6, 6.07) is 17.6. The van der Waals surface area contributed by atoms with Crippen LogP contribution < -0.4 is 25.8 Å². The smallest absolute Gasteiger partial charge is 0.319 e. The van der Waals surface area contributed by atoms with Crippen molar-refractivity contribution >= 4 is 39.4 Å².